The van der Waals surface area contributed by atoms with E-state index in [0.717, 1.165) is 23.7 Å². The number of ether oxygens (including phenoxy) is 1. The molecule has 2 N–H and O–H groups in total. The second kappa shape index (κ2) is 11.6. The van der Waals surface area contributed by atoms with E-state index < -0.39 is 0 Å². The first-order valence-electron chi connectivity index (χ1n) is 10.0. The van der Waals surface area contributed by atoms with Crippen LogP contribution in [0.5, 0.6) is 5.75 Å². The Bertz CT molecular complexity index is 837. The summed E-state index contributed by atoms with van der Waals surface area (Å²) in [6.45, 7) is 7.65. The number of unbranched alkanes of at least 4 members (excludes halogenated alkanes) is 1. The van der Waals surface area contributed by atoms with Crippen molar-refractivity contribution in [2.45, 2.75) is 40.0 Å². The van der Waals surface area contributed by atoms with Gasteiger partial charge < -0.3 is 15.4 Å². The molecule has 0 aliphatic heterocycles. The van der Waals surface area contributed by atoms with E-state index in [0.29, 0.717) is 41.6 Å². The van der Waals surface area contributed by atoms with Crippen molar-refractivity contribution in [2.24, 2.45) is 5.92 Å². The molecule has 2 amide bonds. The highest BCUT2D eigenvalue weighted by molar-refractivity contribution is 9.10. The van der Waals surface area contributed by atoms with Crippen molar-refractivity contribution in [3.05, 3.63) is 58.1 Å². The summed E-state index contributed by atoms with van der Waals surface area (Å²) < 4.78 is 6.49. The molecule has 2 aromatic carbocycles. The molecule has 0 heterocycles. The van der Waals surface area contributed by atoms with Gasteiger partial charge in [0.15, 0.2) is 0 Å². The Balaban J connectivity index is 2.00. The zero-order chi connectivity index (χ0) is 21.2. The summed E-state index contributed by atoms with van der Waals surface area (Å²) in [6.07, 6.45) is 2.93. The van der Waals surface area contributed by atoms with E-state index in [-0.39, 0.29) is 11.8 Å². The van der Waals surface area contributed by atoms with E-state index >= 15 is 0 Å². The highest BCUT2D eigenvalue weighted by Gasteiger charge is 2.11. The Kier molecular flexibility index (Phi) is 9.19. The molecule has 29 heavy (non-hydrogen) atoms. The fourth-order valence-electron chi connectivity index (χ4n) is 2.59. The third-order valence-electron chi connectivity index (χ3n) is 4.35. The van der Waals surface area contributed by atoms with E-state index in [9.17, 15) is 9.59 Å². The Morgan fingerprint density at radius 2 is 1.83 bits per heavy atom. The summed E-state index contributed by atoms with van der Waals surface area (Å²) in [5, 5.41) is 5.72. The molecule has 0 saturated heterocycles. The standard InChI is InChI=1S/C23H29BrN2O3/c1-4-5-12-25-22(27)17-7-6-8-19(14-17)26-23(28)18-9-10-21(20(24)15-18)29-13-11-16(2)3/h6-10,14-16H,4-5,11-13H2,1-3H3,(H,25,27)(H,26,28). The van der Waals surface area contributed by atoms with Crippen LogP contribution < -0.4 is 15.4 Å². The molecule has 5 nitrogen and oxygen atoms in total. The van der Waals surface area contributed by atoms with Crippen molar-refractivity contribution >= 4 is 33.4 Å². The number of carbonyl (C=O) groups excluding carboxylic acids is 2. The summed E-state index contributed by atoms with van der Waals surface area (Å²) >= 11 is 3.47. The van der Waals surface area contributed by atoms with Gasteiger partial charge in [-0.1, -0.05) is 33.3 Å². The summed E-state index contributed by atoms with van der Waals surface area (Å²) in [7, 11) is 0. The highest BCUT2D eigenvalue weighted by Crippen LogP contribution is 2.27. The summed E-state index contributed by atoms with van der Waals surface area (Å²) in [5.41, 5.74) is 1.60. The van der Waals surface area contributed by atoms with Crippen LogP contribution in [-0.4, -0.2) is 25.0 Å². The van der Waals surface area contributed by atoms with Crippen molar-refractivity contribution in [1.29, 1.82) is 0 Å². The fraction of sp³-hybridized carbons (Fsp3) is 0.391. The van der Waals surface area contributed by atoms with Crippen molar-refractivity contribution < 1.29 is 14.3 Å². The third kappa shape index (κ3) is 7.54. The highest BCUT2D eigenvalue weighted by atomic mass is 79.9. The predicted octanol–water partition coefficient (Wildman–Crippen LogP) is 5.66. The number of benzene rings is 2. The topological polar surface area (TPSA) is 67.4 Å². The number of carbonyl (C=O) groups is 2. The normalized spacial score (nSPS) is 10.7. The number of hydrogen-bond donors (Lipinski definition) is 2. The van der Waals surface area contributed by atoms with Gasteiger partial charge >= 0.3 is 0 Å². The quantitative estimate of drug-likeness (QED) is 0.449. The molecule has 6 heteroatoms. The van der Waals surface area contributed by atoms with Crippen LogP contribution in [0.15, 0.2) is 46.9 Å². The maximum Gasteiger partial charge on any atom is 0.255 e. The van der Waals surface area contributed by atoms with Gasteiger partial charge in [0, 0.05) is 23.4 Å². The molecule has 156 valence electrons. The van der Waals surface area contributed by atoms with Crippen LogP contribution >= 0.6 is 15.9 Å². The molecule has 0 aliphatic carbocycles. The number of anilines is 1. The average Bonchev–Trinajstić information content (AvgIpc) is 2.69. The van der Waals surface area contributed by atoms with Gasteiger partial charge in [0.2, 0.25) is 0 Å². The Morgan fingerprint density at radius 3 is 2.52 bits per heavy atom. The van der Waals surface area contributed by atoms with Crippen LogP contribution in [-0.2, 0) is 0 Å². The van der Waals surface area contributed by atoms with Crippen LogP contribution in [0.25, 0.3) is 0 Å². The van der Waals surface area contributed by atoms with Gasteiger partial charge in [0.1, 0.15) is 5.75 Å². The molecule has 0 radical (unpaired) electrons. The average molecular weight is 461 g/mol. The van der Waals surface area contributed by atoms with Crippen LogP contribution in [0.4, 0.5) is 5.69 Å². The lowest BCUT2D eigenvalue weighted by Crippen LogP contribution is -2.24. The van der Waals surface area contributed by atoms with Gasteiger partial charge in [-0.2, -0.15) is 0 Å². The molecule has 0 aromatic heterocycles. The molecule has 2 rings (SSSR count). The van der Waals surface area contributed by atoms with Crippen molar-refractivity contribution in [1.82, 2.24) is 5.32 Å². The Hall–Kier alpha value is -2.34. The molecule has 0 saturated carbocycles. The molecule has 0 aliphatic rings. The van der Waals surface area contributed by atoms with Crippen LogP contribution in [0.3, 0.4) is 0 Å². The Labute approximate surface area is 181 Å². The van der Waals surface area contributed by atoms with Gasteiger partial charge in [0.05, 0.1) is 11.1 Å². The van der Waals surface area contributed by atoms with E-state index in [4.69, 9.17) is 4.74 Å². The van der Waals surface area contributed by atoms with Crippen LogP contribution in [0.2, 0.25) is 0 Å². The monoisotopic (exact) mass is 460 g/mol. The first-order valence-corrected chi connectivity index (χ1v) is 10.8. The second-order valence-electron chi connectivity index (χ2n) is 7.32. The maximum atomic E-state index is 12.6. The lowest BCUT2D eigenvalue weighted by Gasteiger charge is -2.12. The van der Waals surface area contributed by atoms with Crippen LogP contribution in [0, 0.1) is 5.92 Å². The zero-order valence-electron chi connectivity index (χ0n) is 17.3. The van der Waals surface area contributed by atoms with E-state index in [1.54, 1.807) is 42.5 Å². The van der Waals surface area contributed by atoms with Crippen molar-refractivity contribution in [3.63, 3.8) is 0 Å². The van der Waals surface area contributed by atoms with E-state index in [1.807, 2.05) is 0 Å². The summed E-state index contributed by atoms with van der Waals surface area (Å²) in [5.74, 6) is 0.902. The fourth-order valence-corrected chi connectivity index (χ4v) is 3.08. The smallest absolute Gasteiger partial charge is 0.255 e. The van der Waals surface area contributed by atoms with Gasteiger partial charge in [-0.15, -0.1) is 0 Å². The van der Waals surface area contributed by atoms with Crippen LogP contribution in [0.1, 0.15) is 60.7 Å². The number of halogens is 1. The first kappa shape index (κ1) is 22.9. The first-order chi connectivity index (χ1) is 13.9. The van der Waals surface area contributed by atoms with Crippen molar-refractivity contribution in [2.75, 3.05) is 18.5 Å². The predicted molar refractivity (Wildman–Crippen MR) is 121 cm³/mol. The van der Waals surface area contributed by atoms with Crippen molar-refractivity contribution in [3.8, 4) is 5.75 Å². The lowest BCUT2D eigenvalue weighted by molar-refractivity contribution is 0.0951. The van der Waals surface area contributed by atoms with Gasteiger partial charge in [0.25, 0.3) is 11.8 Å². The van der Waals surface area contributed by atoms with Gasteiger partial charge in [-0.05, 0) is 71.1 Å². The minimum absolute atomic E-state index is 0.139. The largest absolute Gasteiger partial charge is 0.492 e. The van der Waals surface area contributed by atoms with E-state index in [2.05, 4.69) is 47.3 Å². The molecular formula is C23H29BrN2O3. The summed E-state index contributed by atoms with van der Waals surface area (Å²) in [6, 6.07) is 12.2. The number of amides is 2. The second-order valence-corrected chi connectivity index (χ2v) is 8.17. The molecule has 0 unspecified atom stereocenters. The van der Waals surface area contributed by atoms with E-state index in [1.165, 1.54) is 0 Å². The maximum absolute atomic E-state index is 12.6. The third-order valence-corrected chi connectivity index (χ3v) is 4.97. The zero-order valence-corrected chi connectivity index (χ0v) is 18.8. The molecule has 0 fully saturated rings. The lowest BCUT2D eigenvalue weighted by atomic mass is 10.1. The molecule has 0 spiro atoms. The molecule has 2 aromatic rings. The number of hydrogen-bond acceptors (Lipinski definition) is 3. The molecular weight excluding hydrogens is 432 g/mol. The van der Waals surface area contributed by atoms with Gasteiger partial charge in [-0.3, -0.25) is 9.59 Å². The number of nitrogens with one attached hydrogen (secondary N) is 2. The summed E-state index contributed by atoms with van der Waals surface area (Å²) in [4.78, 5) is 24.8. The molecule has 0 bridgehead atoms. The SMILES string of the molecule is CCCCNC(=O)c1cccc(NC(=O)c2ccc(OCCC(C)C)c(Br)c2)c1. The Morgan fingerprint density at radius 1 is 1.07 bits per heavy atom. The minimum Gasteiger partial charge on any atom is -0.492 e. The van der Waals surface area contributed by atoms with Gasteiger partial charge in [-0.25, -0.2) is 0 Å². The minimum atomic E-state index is -0.247. The molecule has 0 atom stereocenters. The number of rotatable bonds is 10.